The molecule has 0 radical (unpaired) electrons. The number of nitrogens with zero attached hydrogens (tertiary/aromatic N) is 2. The van der Waals surface area contributed by atoms with Gasteiger partial charge in [-0.15, -0.1) is 0 Å². The van der Waals surface area contributed by atoms with Crippen LogP contribution in [-0.2, 0) is 9.53 Å². The van der Waals surface area contributed by atoms with E-state index >= 15 is 0 Å². The quantitative estimate of drug-likeness (QED) is 0.576. The number of hydrogen-bond acceptors (Lipinski definition) is 5. The first-order valence-corrected chi connectivity index (χ1v) is 10.0. The topological polar surface area (TPSA) is 84.0 Å². The highest BCUT2D eigenvalue weighted by atomic mass is 16.5. The van der Waals surface area contributed by atoms with E-state index in [0.29, 0.717) is 23.4 Å². The molecule has 0 spiro atoms. The molecule has 1 atom stereocenters. The number of esters is 1. The van der Waals surface area contributed by atoms with Gasteiger partial charge in [-0.2, -0.15) is 0 Å². The fraction of sp³-hybridized carbons (Fsp3) is 0.304. The van der Waals surface area contributed by atoms with Crippen molar-refractivity contribution in [3.8, 4) is 0 Å². The molecular formula is C23H22N2O5. The molecule has 1 saturated heterocycles. The normalized spacial score (nSPS) is 18.4. The Balaban J connectivity index is 1.40. The molecule has 0 unspecified atom stereocenters. The molecule has 1 fully saturated rings. The van der Waals surface area contributed by atoms with Crippen LogP contribution in [0, 0.1) is 0 Å². The second-order valence-electron chi connectivity index (χ2n) is 7.55. The van der Waals surface area contributed by atoms with Gasteiger partial charge in [0.1, 0.15) is 0 Å². The third-order valence-electron chi connectivity index (χ3n) is 5.61. The molecule has 4 rings (SSSR count). The molecule has 2 aliphatic rings. The monoisotopic (exact) mass is 406 g/mol. The highest BCUT2D eigenvalue weighted by Crippen LogP contribution is 2.28. The van der Waals surface area contributed by atoms with E-state index in [1.54, 1.807) is 29.2 Å². The van der Waals surface area contributed by atoms with Crippen molar-refractivity contribution in [1.29, 1.82) is 0 Å². The van der Waals surface area contributed by atoms with Crippen molar-refractivity contribution in [2.75, 3.05) is 18.1 Å². The number of anilines is 1. The predicted octanol–water partition coefficient (Wildman–Crippen LogP) is 3.05. The molecule has 3 amide bonds. The largest absolute Gasteiger partial charge is 0.452 e. The van der Waals surface area contributed by atoms with Gasteiger partial charge in [0.2, 0.25) is 0 Å². The number of fused-ring (bicyclic) bond motifs is 1. The van der Waals surface area contributed by atoms with Gasteiger partial charge in [-0.05, 0) is 62.6 Å². The number of likely N-dealkylation sites (tertiary alicyclic amines) is 1. The van der Waals surface area contributed by atoms with Crippen LogP contribution in [0.4, 0.5) is 5.69 Å². The third-order valence-corrected chi connectivity index (χ3v) is 5.61. The molecular weight excluding hydrogens is 384 g/mol. The van der Waals surface area contributed by atoms with E-state index in [1.807, 2.05) is 6.92 Å². The number of piperidine rings is 1. The molecule has 2 aliphatic heterocycles. The van der Waals surface area contributed by atoms with Crippen molar-refractivity contribution in [2.24, 2.45) is 0 Å². The van der Waals surface area contributed by atoms with Crippen LogP contribution in [0.15, 0.2) is 48.5 Å². The highest BCUT2D eigenvalue weighted by molar-refractivity contribution is 6.34. The summed E-state index contributed by atoms with van der Waals surface area (Å²) in [6, 6.07) is 12.8. The summed E-state index contributed by atoms with van der Waals surface area (Å²) in [6.45, 7) is 2.38. The van der Waals surface area contributed by atoms with E-state index in [2.05, 4.69) is 0 Å². The zero-order chi connectivity index (χ0) is 21.3. The summed E-state index contributed by atoms with van der Waals surface area (Å²) in [6.07, 6.45) is 3.02. The highest BCUT2D eigenvalue weighted by Gasteiger charge is 2.36. The van der Waals surface area contributed by atoms with Crippen molar-refractivity contribution in [3.63, 3.8) is 0 Å². The lowest BCUT2D eigenvalue weighted by atomic mass is 10.0. The van der Waals surface area contributed by atoms with Crippen molar-refractivity contribution in [1.82, 2.24) is 4.90 Å². The minimum atomic E-state index is -0.623. The summed E-state index contributed by atoms with van der Waals surface area (Å²) in [5.41, 5.74) is 1.33. The van der Waals surface area contributed by atoms with E-state index in [9.17, 15) is 19.2 Å². The van der Waals surface area contributed by atoms with Crippen LogP contribution < -0.4 is 4.90 Å². The van der Waals surface area contributed by atoms with Crippen LogP contribution in [0.5, 0.6) is 0 Å². The van der Waals surface area contributed by atoms with Gasteiger partial charge in [0, 0.05) is 12.6 Å². The fourth-order valence-electron chi connectivity index (χ4n) is 3.93. The number of rotatable bonds is 4. The van der Waals surface area contributed by atoms with Crippen LogP contribution in [0.3, 0.4) is 0 Å². The fourth-order valence-corrected chi connectivity index (χ4v) is 3.93. The van der Waals surface area contributed by atoms with E-state index in [4.69, 9.17) is 4.74 Å². The molecule has 0 aliphatic carbocycles. The van der Waals surface area contributed by atoms with Crippen molar-refractivity contribution < 1.29 is 23.9 Å². The number of amides is 3. The summed E-state index contributed by atoms with van der Waals surface area (Å²) >= 11 is 0. The first-order valence-electron chi connectivity index (χ1n) is 10.0. The minimum Gasteiger partial charge on any atom is -0.452 e. The van der Waals surface area contributed by atoms with Crippen LogP contribution >= 0.6 is 0 Å². The van der Waals surface area contributed by atoms with E-state index in [0.717, 1.165) is 24.2 Å². The van der Waals surface area contributed by atoms with Crippen molar-refractivity contribution in [2.45, 2.75) is 32.2 Å². The first-order chi connectivity index (χ1) is 14.5. The van der Waals surface area contributed by atoms with Crippen LogP contribution in [-0.4, -0.2) is 47.8 Å². The number of ether oxygens (including phenoxy) is 1. The van der Waals surface area contributed by atoms with E-state index < -0.39 is 17.8 Å². The molecule has 0 N–H and O–H groups in total. The van der Waals surface area contributed by atoms with E-state index in [1.165, 1.54) is 24.3 Å². The molecule has 0 bridgehead atoms. The van der Waals surface area contributed by atoms with Gasteiger partial charge < -0.3 is 9.64 Å². The SMILES string of the molecule is C[C@@H]1CCCCN1C(=O)COC(=O)c1ccc(N2C(=O)c3ccccc3C2=O)cc1. The smallest absolute Gasteiger partial charge is 0.338 e. The maximum atomic E-state index is 12.6. The van der Waals surface area contributed by atoms with Crippen LogP contribution in [0.2, 0.25) is 0 Å². The zero-order valence-corrected chi connectivity index (χ0v) is 16.7. The summed E-state index contributed by atoms with van der Waals surface area (Å²) in [5.74, 6) is -1.61. The average Bonchev–Trinajstić information content (AvgIpc) is 3.02. The average molecular weight is 406 g/mol. The maximum absolute atomic E-state index is 12.6. The number of carbonyl (C=O) groups excluding carboxylic acids is 4. The summed E-state index contributed by atoms with van der Waals surface area (Å²) < 4.78 is 5.17. The summed E-state index contributed by atoms with van der Waals surface area (Å²) in [4.78, 5) is 52.6. The maximum Gasteiger partial charge on any atom is 0.338 e. The lowest BCUT2D eigenvalue weighted by Crippen LogP contribution is -2.44. The first kappa shape index (κ1) is 19.8. The number of benzene rings is 2. The van der Waals surface area contributed by atoms with Crippen molar-refractivity contribution in [3.05, 3.63) is 65.2 Å². The Morgan fingerprint density at radius 1 is 0.967 bits per heavy atom. The Labute approximate surface area is 174 Å². The zero-order valence-electron chi connectivity index (χ0n) is 16.7. The molecule has 0 aromatic heterocycles. The predicted molar refractivity (Wildman–Crippen MR) is 109 cm³/mol. The van der Waals surface area contributed by atoms with Crippen LogP contribution in [0.1, 0.15) is 57.3 Å². The second kappa shape index (κ2) is 8.10. The third kappa shape index (κ3) is 3.58. The van der Waals surface area contributed by atoms with Gasteiger partial charge in [0.05, 0.1) is 22.4 Å². The summed E-state index contributed by atoms with van der Waals surface area (Å²) in [7, 11) is 0. The molecule has 0 saturated carbocycles. The van der Waals surface area contributed by atoms with Crippen molar-refractivity contribution >= 4 is 29.4 Å². The Morgan fingerprint density at radius 3 is 2.20 bits per heavy atom. The number of carbonyl (C=O) groups is 4. The van der Waals surface area contributed by atoms with Gasteiger partial charge in [-0.25, -0.2) is 9.69 Å². The Bertz CT molecular complexity index is 980. The molecule has 30 heavy (non-hydrogen) atoms. The number of imide groups is 1. The molecule has 2 aromatic rings. The number of hydrogen-bond donors (Lipinski definition) is 0. The van der Waals surface area contributed by atoms with Gasteiger partial charge >= 0.3 is 5.97 Å². The minimum absolute atomic E-state index is 0.156. The Kier molecular flexibility index (Phi) is 5.35. The lowest BCUT2D eigenvalue weighted by Gasteiger charge is -2.33. The van der Waals surface area contributed by atoms with E-state index in [-0.39, 0.29) is 24.1 Å². The second-order valence-corrected chi connectivity index (χ2v) is 7.55. The standard InChI is InChI=1S/C23H22N2O5/c1-15-6-4-5-13-24(15)20(26)14-30-23(29)16-9-11-17(12-10-16)25-21(27)18-7-2-3-8-19(18)22(25)28/h2-3,7-12,15H,4-6,13-14H2,1H3/t15-/m1/s1. The Morgan fingerprint density at radius 2 is 1.60 bits per heavy atom. The Hall–Kier alpha value is -3.48. The molecule has 7 heteroatoms. The molecule has 2 heterocycles. The summed E-state index contributed by atoms with van der Waals surface area (Å²) in [5, 5.41) is 0. The molecule has 2 aromatic carbocycles. The molecule has 154 valence electrons. The van der Waals surface area contributed by atoms with Crippen LogP contribution in [0.25, 0.3) is 0 Å². The van der Waals surface area contributed by atoms with Gasteiger partial charge in [-0.3, -0.25) is 14.4 Å². The van der Waals surface area contributed by atoms with Gasteiger partial charge in [0.15, 0.2) is 6.61 Å². The van der Waals surface area contributed by atoms with Gasteiger partial charge in [-0.1, -0.05) is 12.1 Å². The molecule has 7 nitrogen and oxygen atoms in total. The lowest BCUT2D eigenvalue weighted by molar-refractivity contribution is -0.137. The van der Waals surface area contributed by atoms with Gasteiger partial charge in [0.25, 0.3) is 17.7 Å².